The van der Waals surface area contributed by atoms with Crippen LogP contribution in [0.4, 0.5) is 15.3 Å². The molecule has 0 radical (unpaired) electrons. The lowest BCUT2D eigenvalue weighted by Gasteiger charge is -2.37. The van der Waals surface area contributed by atoms with Crippen molar-refractivity contribution in [2.75, 3.05) is 136 Å². The summed E-state index contributed by atoms with van der Waals surface area (Å²) in [6.45, 7) is 11.8. The van der Waals surface area contributed by atoms with Crippen LogP contribution in [0.15, 0.2) is 42.5 Å². The third kappa shape index (κ3) is 17.0. The number of urea groups is 2. The Balaban J connectivity index is 0.676. The molecule has 2 aromatic carbocycles. The third-order valence-corrected chi connectivity index (χ3v) is 15.0. The van der Waals surface area contributed by atoms with E-state index in [9.17, 15) is 19.2 Å². The molecule has 23 heteroatoms. The molecule has 4 saturated heterocycles. The largest absolute Gasteiger partial charge is 0.497 e. The second-order valence-electron chi connectivity index (χ2n) is 17.8. The van der Waals surface area contributed by atoms with Gasteiger partial charge in [0, 0.05) is 82.2 Å². The predicted molar refractivity (Wildman–Crippen MR) is 264 cm³/mol. The summed E-state index contributed by atoms with van der Waals surface area (Å²) < 4.78 is 34.7. The SMILES string of the molecule is COc1ccc2c(c1)C[C@@H](COCCOCCOCCOCC1CN(CCOc3ccc(NC(=O)NC4NC(CC(=O)N5CCN(C)CC5)CS4)cc3)NN1)N(C(=O)CSC1NC(=O)NCC1C)C2. The zero-order chi connectivity index (χ0) is 48.4. The Morgan fingerprint density at radius 3 is 2.33 bits per heavy atom. The van der Waals surface area contributed by atoms with E-state index < -0.39 is 0 Å². The Bertz CT molecular complexity index is 1960. The molecular formula is C46H71N11O10S2. The van der Waals surface area contributed by atoms with Gasteiger partial charge in [0.15, 0.2) is 0 Å². The summed E-state index contributed by atoms with van der Waals surface area (Å²) in [7, 11) is 3.72. The van der Waals surface area contributed by atoms with Gasteiger partial charge >= 0.3 is 12.1 Å². The van der Waals surface area contributed by atoms with E-state index in [1.807, 2.05) is 45.1 Å². The lowest BCUT2D eigenvalue weighted by molar-refractivity contribution is -0.134. The van der Waals surface area contributed by atoms with Crippen molar-refractivity contribution in [3.63, 3.8) is 0 Å². The quantitative estimate of drug-likeness (QED) is 0.0692. The van der Waals surface area contributed by atoms with Gasteiger partial charge in [0.25, 0.3) is 0 Å². The highest BCUT2D eigenvalue weighted by molar-refractivity contribution is 8.00. The second-order valence-corrected chi connectivity index (χ2v) is 20.1. The first kappa shape index (κ1) is 52.7. The summed E-state index contributed by atoms with van der Waals surface area (Å²) in [4.78, 5) is 56.9. The first-order valence-electron chi connectivity index (χ1n) is 23.9. The molecular weight excluding hydrogens is 931 g/mol. The Kier molecular flexibility index (Phi) is 21.0. The maximum atomic E-state index is 13.5. The molecule has 382 valence electrons. The number of fused-ring (bicyclic) bond motifs is 1. The van der Waals surface area contributed by atoms with Gasteiger partial charge in [-0.15, -0.1) is 23.5 Å². The molecule has 5 unspecified atom stereocenters. The van der Waals surface area contributed by atoms with Gasteiger partial charge in [-0.25, -0.2) is 20.0 Å². The highest BCUT2D eigenvalue weighted by atomic mass is 32.2. The first-order chi connectivity index (χ1) is 33.6. The zero-order valence-corrected chi connectivity index (χ0v) is 41.7. The van der Waals surface area contributed by atoms with Crippen LogP contribution in [-0.2, 0) is 41.5 Å². The van der Waals surface area contributed by atoms with Crippen molar-refractivity contribution in [3.8, 4) is 11.5 Å². The molecule has 0 saturated carbocycles. The van der Waals surface area contributed by atoms with Gasteiger partial charge in [-0.3, -0.25) is 14.9 Å². The van der Waals surface area contributed by atoms with E-state index in [-0.39, 0.29) is 64.5 Å². The molecule has 7 N–H and O–H groups in total. The van der Waals surface area contributed by atoms with E-state index in [2.05, 4.69) is 56.4 Å². The molecule has 2 aromatic rings. The van der Waals surface area contributed by atoms with Crippen LogP contribution < -0.4 is 47.0 Å². The van der Waals surface area contributed by atoms with Crippen LogP contribution in [-0.4, -0.2) is 204 Å². The van der Waals surface area contributed by atoms with Gasteiger partial charge in [0.2, 0.25) is 11.8 Å². The number of thioether (sulfide) groups is 2. The first-order valence-corrected chi connectivity index (χ1v) is 26.0. The number of likely N-dealkylation sites (N-methyl/N-ethyl adjacent to an activating group) is 1. The molecule has 0 aliphatic carbocycles. The van der Waals surface area contributed by atoms with Gasteiger partial charge in [0.1, 0.15) is 23.6 Å². The van der Waals surface area contributed by atoms with Crippen molar-refractivity contribution in [2.45, 2.75) is 55.3 Å². The minimum Gasteiger partial charge on any atom is -0.497 e. The summed E-state index contributed by atoms with van der Waals surface area (Å²) in [5.74, 6) is 2.90. The fourth-order valence-corrected chi connectivity index (χ4v) is 10.6. The number of ether oxygens (including phenoxy) is 6. The summed E-state index contributed by atoms with van der Waals surface area (Å²) in [6.07, 6.45) is 1.09. The number of amides is 6. The molecule has 0 bridgehead atoms. The minimum atomic E-state index is -0.319. The number of hydrogen-bond acceptors (Lipinski definition) is 17. The molecule has 5 aliphatic heterocycles. The lowest BCUT2D eigenvalue weighted by atomic mass is 9.94. The van der Waals surface area contributed by atoms with Crippen LogP contribution in [0.1, 0.15) is 24.5 Å². The molecule has 7 rings (SSSR count). The number of anilines is 1. The van der Waals surface area contributed by atoms with Crippen LogP contribution in [0.5, 0.6) is 11.5 Å². The van der Waals surface area contributed by atoms with E-state index in [0.29, 0.717) is 103 Å². The number of benzene rings is 2. The Hall–Kier alpha value is -4.14. The third-order valence-electron chi connectivity index (χ3n) is 12.5. The lowest BCUT2D eigenvalue weighted by Crippen LogP contribution is -2.53. The minimum absolute atomic E-state index is 0.0192. The fraction of sp³-hybridized carbons (Fsp3) is 0.652. The highest BCUT2D eigenvalue weighted by Gasteiger charge is 2.33. The van der Waals surface area contributed by atoms with E-state index in [1.165, 1.54) is 11.8 Å². The van der Waals surface area contributed by atoms with Gasteiger partial charge in [0.05, 0.1) is 83.2 Å². The number of hydrazine groups is 2. The standard InChI is InChI=1S/C46H71N11O10S2/c1-32-25-47-44(60)50-43(32)68-31-42(59)57-26-33-4-7-40(62-3)23-34(33)22-38(57)29-66-21-19-64-17-16-63-18-20-65-28-37-27-56(53-52-37)14-15-67-39-8-5-35(6-9-39)48-45(61)51-46-49-36(30-69-46)24-41(58)55-12-10-54(2)11-13-55/h4-9,23,32,36-38,43,46,49,52-53H,10-22,24-31H2,1-3H3,(H2,47,50,60)(H2,48,51,61)/t32?,36?,37?,38-,43?,46?/m0/s1. The van der Waals surface area contributed by atoms with Gasteiger partial charge in [-0.2, -0.15) is 5.53 Å². The molecule has 69 heavy (non-hydrogen) atoms. The van der Waals surface area contributed by atoms with Crippen molar-refractivity contribution >= 4 is 53.1 Å². The van der Waals surface area contributed by atoms with Crippen LogP contribution in [0, 0.1) is 5.92 Å². The summed E-state index contributed by atoms with van der Waals surface area (Å²) in [5.41, 5.74) is 9.04. The number of nitrogens with one attached hydrogen (secondary N) is 7. The van der Waals surface area contributed by atoms with Gasteiger partial charge in [-0.05, 0) is 61.0 Å². The Labute approximate surface area is 413 Å². The van der Waals surface area contributed by atoms with E-state index >= 15 is 0 Å². The monoisotopic (exact) mass is 1000 g/mol. The Morgan fingerprint density at radius 2 is 1.58 bits per heavy atom. The molecule has 4 fully saturated rings. The number of hydrogen-bond donors (Lipinski definition) is 7. The Morgan fingerprint density at radius 1 is 0.855 bits per heavy atom. The number of piperazine rings is 1. The molecule has 6 atom stereocenters. The van der Waals surface area contributed by atoms with Gasteiger partial charge < -0.3 is 64.4 Å². The van der Waals surface area contributed by atoms with Crippen molar-refractivity contribution in [2.24, 2.45) is 5.92 Å². The molecule has 5 heterocycles. The second kappa shape index (κ2) is 27.5. The van der Waals surface area contributed by atoms with E-state index in [0.717, 1.165) is 55.4 Å². The van der Waals surface area contributed by atoms with Crippen molar-refractivity contribution in [1.29, 1.82) is 0 Å². The summed E-state index contributed by atoms with van der Waals surface area (Å²) >= 11 is 3.06. The van der Waals surface area contributed by atoms with Crippen molar-refractivity contribution in [3.05, 3.63) is 53.6 Å². The summed E-state index contributed by atoms with van der Waals surface area (Å²) in [5, 5.41) is 16.8. The maximum Gasteiger partial charge on any atom is 0.321 e. The highest BCUT2D eigenvalue weighted by Crippen LogP contribution is 2.29. The van der Waals surface area contributed by atoms with Crippen LogP contribution in [0.2, 0.25) is 0 Å². The fourth-order valence-electron chi connectivity index (χ4n) is 8.42. The molecule has 0 aromatic heterocycles. The van der Waals surface area contributed by atoms with Gasteiger partial charge in [-0.1, -0.05) is 13.0 Å². The predicted octanol–water partition coefficient (Wildman–Crippen LogP) is 1.07. The van der Waals surface area contributed by atoms with Crippen molar-refractivity contribution in [1.82, 2.24) is 51.9 Å². The smallest absolute Gasteiger partial charge is 0.321 e. The summed E-state index contributed by atoms with van der Waals surface area (Å²) in [6, 6.07) is 12.7. The number of nitrogens with zero attached hydrogens (tertiary/aromatic N) is 4. The molecule has 21 nitrogen and oxygen atoms in total. The van der Waals surface area contributed by atoms with Crippen molar-refractivity contribution < 1.29 is 47.6 Å². The maximum absolute atomic E-state index is 13.5. The number of carbonyl (C=O) groups is 4. The molecule has 5 aliphatic rings. The number of methoxy groups -OCH3 is 1. The molecule has 6 amide bonds. The topological polar surface area (TPSA) is 221 Å². The average Bonchev–Trinajstić information content (AvgIpc) is 4.00. The van der Waals surface area contributed by atoms with E-state index in [1.54, 1.807) is 31.0 Å². The van der Waals surface area contributed by atoms with E-state index in [4.69, 9.17) is 28.4 Å². The number of rotatable bonds is 25. The number of carbonyl (C=O) groups excluding carboxylic acids is 4. The molecule has 0 spiro atoms. The normalized spacial score (nSPS) is 24.1. The van der Waals surface area contributed by atoms with Crippen LogP contribution >= 0.6 is 23.5 Å². The van der Waals surface area contributed by atoms with Crippen LogP contribution in [0.3, 0.4) is 0 Å². The average molecular weight is 1000 g/mol. The van der Waals surface area contributed by atoms with Crippen LogP contribution in [0.25, 0.3) is 0 Å². The zero-order valence-electron chi connectivity index (χ0n) is 40.0.